The molecule has 1 heterocycles. The summed E-state index contributed by atoms with van der Waals surface area (Å²) >= 11 is 3.43. The summed E-state index contributed by atoms with van der Waals surface area (Å²) in [6, 6.07) is 7.53. The zero-order valence-electron chi connectivity index (χ0n) is 10.6. The lowest BCUT2D eigenvalue weighted by molar-refractivity contribution is -0.117. The summed E-state index contributed by atoms with van der Waals surface area (Å²) in [6.07, 6.45) is 0.567. The fourth-order valence-corrected chi connectivity index (χ4v) is 3.89. The van der Waals surface area contributed by atoms with Crippen LogP contribution in [0.4, 0.5) is 5.69 Å². The van der Waals surface area contributed by atoms with Crippen LogP contribution in [-0.4, -0.2) is 31.1 Å². The van der Waals surface area contributed by atoms with Crippen LogP contribution in [0.5, 0.6) is 0 Å². The van der Waals surface area contributed by atoms with Crippen LogP contribution in [0.2, 0.25) is 0 Å². The molecule has 18 heavy (non-hydrogen) atoms. The third-order valence-corrected chi connectivity index (χ3v) is 5.63. The van der Waals surface area contributed by atoms with Crippen molar-refractivity contribution in [1.29, 1.82) is 0 Å². The molecule has 2 rings (SSSR count). The Kier molecular flexibility index (Phi) is 3.98. The third kappa shape index (κ3) is 2.70. The molecular weight excluding hydrogens is 313 g/mol. The Morgan fingerprint density at radius 3 is 2.61 bits per heavy atom. The van der Waals surface area contributed by atoms with Gasteiger partial charge in [-0.2, -0.15) is 0 Å². The predicted octanol–water partition coefficient (Wildman–Crippen LogP) is 2.68. The summed E-state index contributed by atoms with van der Waals surface area (Å²) in [5, 5.41) is 1.63. The van der Waals surface area contributed by atoms with Crippen LogP contribution in [0.15, 0.2) is 24.3 Å². The van der Waals surface area contributed by atoms with E-state index in [1.54, 1.807) is 18.2 Å². The monoisotopic (exact) mass is 329 g/mol. The second-order valence-electron chi connectivity index (χ2n) is 5.07. The van der Waals surface area contributed by atoms with Gasteiger partial charge in [0.1, 0.15) is 7.14 Å². The fourth-order valence-electron chi connectivity index (χ4n) is 2.27. The average molecular weight is 330 g/mol. The van der Waals surface area contributed by atoms with Gasteiger partial charge in [-0.1, -0.05) is 28.1 Å². The van der Waals surface area contributed by atoms with E-state index >= 15 is 0 Å². The topological polar surface area (TPSA) is 37.4 Å². The van der Waals surface area contributed by atoms with Crippen LogP contribution >= 0.6 is 23.1 Å². The zero-order valence-corrected chi connectivity index (χ0v) is 13.1. The highest BCUT2D eigenvalue weighted by atomic mass is 79.9. The molecule has 1 aliphatic rings. The van der Waals surface area contributed by atoms with E-state index < -0.39 is 7.14 Å². The van der Waals surface area contributed by atoms with Gasteiger partial charge in [-0.05, 0) is 31.4 Å². The highest BCUT2D eigenvalue weighted by Crippen LogP contribution is 2.39. The van der Waals surface area contributed by atoms with E-state index in [-0.39, 0.29) is 5.91 Å². The Balaban J connectivity index is 2.40. The smallest absolute Gasteiger partial charge is 0.227 e. The average Bonchev–Trinajstić information content (AvgIpc) is 2.69. The second kappa shape index (κ2) is 5.18. The molecule has 1 aliphatic heterocycles. The van der Waals surface area contributed by atoms with E-state index in [1.807, 2.05) is 24.3 Å². The van der Waals surface area contributed by atoms with Crippen molar-refractivity contribution in [3.8, 4) is 0 Å². The molecule has 1 amide bonds. The van der Waals surface area contributed by atoms with Crippen LogP contribution in [-0.2, 0) is 9.36 Å². The quantitative estimate of drug-likeness (QED) is 0.631. The lowest BCUT2D eigenvalue weighted by atomic mass is 10.2. The first-order valence-corrected chi connectivity index (χ1v) is 9.66. The van der Waals surface area contributed by atoms with Crippen molar-refractivity contribution in [2.45, 2.75) is 6.42 Å². The summed E-state index contributed by atoms with van der Waals surface area (Å²) in [4.78, 5) is 13.8. The minimum absolute atomic E-state index is 0.125. The van der Waals surface area contributed by atoms with Crippen LogP contribution in [0.1, 0.15) is 6.42 Å². The van der Waals surface area contributed by atoms with Gasteiger partial charge in [-0.25, -0.2) is 0 Å². The van der Waals surface area contributed by atoms with Gasteiger partial charge in [0.05, 0.1) is 5.69 Å². The van der Waals surface area contributed by atoms with Crippen LogP contribution in [0, 0.1) is 5.92 Å². The largest absolute Gasteiger partial charge is 0.319 e. The molecule has 0 spiro atoms. The molecule has 1 saturated heterocycles. The maximum atomic E-state index is 12.3. The van der Waals surface area contributed by atoms with Gasteiger partial charge >= 0.3 is 0 Å². The highest BCUT2D eigenvalue weighted by Gasteiger charge is 2.32. The fraction of sp³-hybridized carbons (Fsp3) is 0.462. The van der Waals surface area contributed by atoms with Crippen molar-refractivity contribution in [2.24, 2.45) is 5.92 Å². The predicted molar refractivity (Wildman–Crippen MR) is 79.8 cm³/mol. The van der Waals surface area contributed by atoms with Crippen molar-refractivity contribution < 1.29 is 9.36 Å². The van der Waals surface area contributed by atoms with E-state index in [9.17, 15) is 9.36 Å². The number of para-hydroxylation sites is 1. The molecule has 1 aromatic carbocycles. The molecule has 1 unspecified atom stereocenters. The van der Waals surface area contributed by atoms with E-state index in [0.717, 1.165) is 16.3 Å². The van der Waals surface area contributed by atoms with E-state index in [1.165, 1.54) is 0 Å². The number of nitrogens with zero attached hydrogens (tertiary/aromatic N) is 1. The Labute approximate surface area is 116 Å². The summed E-state index contributed by atoms with van der Waals surface area (Å²) < 4.78 is 12.3. The Bertz CT molecular complexity index is 511. The van der Waals surface area contributed by atoms with Gasteiger partial charge in [0.15, 0.2) is 0 Å². The number of benzene rings is 1. The highest BCUT2D eigenvalue weighted by molar-refractivity contribution is 9.09. The van der Waals surface area contributed by atoms with Crippen LogP contribution in [0.25, 0.3) is 0 Å². The number of halogens is 1. The summed E-state index contributed by atoms with van der Waals surface area (Å²) in [6.45, 7) is 4.20. The van der Waals surface area contributed by atoms with E-state index in [4.69, 9.17) is 0 Å². The number of hydrogen-bond donors (Lipinski definition) is 0. The molecule has 0 N–H and O–H groups in total. The first-order valence-electron chi connectivity index (χ1n) is 5.94. The number of carbonyl (C=O) groups is 1. The lowest BCUT2D eigenvalue weighted by Crippen LogP contribution is -2.29. The normalized spacial score (nSPS) is 20.5. The van der Waals surface area contributed by atoms with Gasteiger partial charge in [0.2, 0.25) is 5.91 Å². The van der Waals surface area contributed by atoms with Gasteiger partial charge in [0.25, 0.3) is 0 Å². The molecule has 1 fully saturated rings. The molecule has 1 atom stereocenters. The molecule has 0 bridgehead atoms. The lowest BCUT2D eigenvalue weighted by Gasteiger charge is -2.22. The maximum Gasteiger partial charge on any atom is 0.227 e. The Morgan fingerprint density at radius 2 is 2.06 bits per heavy atom. The Morgan fingerprint density at radius 1 is 1.39 bits per heavy atom. The number of amides is 1. The second-order valence-corrected chi connectivity index (χ2v) is 8.90. The van der Waals surface area contributed by atoms with Crippen LogP contribution < -0.4 is 10.2 Å². The molecule has 0 radical (unpaired) electrons. The standard InChI is InChI=1S/C13H17BrNO2P/c1-18(2,17)12-6-4-3-5-11(12)15-9-10(8-14)7-13(15)16/h3-6,10H,7-9H2,1-2H3. The van der Waals surface area contributed by atoms with Gasteiger partial charge in [-0.3, -0.25) is 4.79 Å². The molecule has 5 heteroatoms. The minimum Gasteiger partial charge on any atom is -0.319 e. The SMILES string of the molecule is CP(C)(=O)c1ccccc1N1CC(CBr)CC1=O. The number of carbonyl (C=O) groups excluding carboxylic acids is 1. The summed E-state index contributed by atoms with van der Waals surface area (Å²) in [5.74, 6) is 0.471. The van der Waals surface area contributed by atoms with Gasteiger partial charge < -0.3 is 9.46 Å². The number of alkyl halides is 1. The molecule has 1 aromatic rings. The van der Waals surface area contributed by atoms with E-state index in [0.29, 0.717) is 18.9 Å². The van der Waals surface area contributed by atoms with Crippen LogP contribution in [0.3, 0.4) is 0 Å². The van der Waals surface area contributed by atoms with Gasteiger partial charge in [-0.15, -0.1) is 0 Å². The number of hydrogen-bond acceptors (Lipinski definition) is 2. The molecular formula is C13H17BrNO2P. The third-order valence-electron chi connectivity index (χ3n) is 3.18. The maximum absolute atomic E-state index is 12.3. The van der Waals surface area contributed by atoms with Crippen molar-refractivity contribution in [1.82, 2.24) is 0 Å². The summed E-state index contributed by atoms with van der Waals surface area (Å²) in [7, 11) is -2.37. The molecule has 0 aromatic heterocycles. The summed E-state index contributed by atoms with van der Waals surface area (Å²) in [5.41, 5.74) is 0.819. The number of anilines is 1. The molecule has 98 valence electrons. The Hall–Kier alpha value is -0.600. The zero-order chi connectivity index (χ0) is 13.3. The van der Waals surface area contributed by atoms with Crippen molar-refractivity contribution in [3.63, 3.8) is 0 Å². The van der Waals surface area contributed by atoms with E-state index in [2.05, 4.69) is 15.9 Å². The van der Waals surface area contributed by atoms with Crippen molar-refractivity contribution in [3.05, 3.63) is 24.3 Å². The molecule has 0 aliphatic carbocycles. The first kappa shape index (κ1) is 13.8. The molecule has 0 saturated carbocycles. The molecule has 3 nitrogen and oxygen atoms in total. The van der Waals surface area contributed by atoms with Crippen molar-refractivity contribution in [2.75, 3.05) is 30.1 Å². The van der Waals surface area contributed by atoms with Gasteiger partial charge in [0, 0.05) is 23.6 Å². The number of rotatable bonds is 3. The first-order chi connectivity index (χ1) is 8.43. The minimum atomic E-state index is -2.37. The van der Waals surface area contributed by atoms with Crippen molar-refractivity contribution >= 4 is 40.0 Å².